The van der Waals surface area contributed by atoms with Crippen LogP contribution in [-0.4, -0.2) is 38.3 Å². The first-order valence-electron chi connectivity index (χ1n) is 8.58. The molecule has 0 bridgehead atoms. The molecule has 1 aromatic carbocycles. The largest absolute Gasteiger partial charge is 0.456 e. The maximum Gasteiger partial charge on any atom is 0.422 e. The summed E-state index contributed by atoms with van der Waals surface area (Å²) in [6, 6.07) is 8.03. The third kappa shape index (κ3) is 5.77. The van der Waals surface area contributed by atoms with Gasteiger partial charge in [-0.2, -0.15) is 23.4 Å². The normalized spacial score (nSPS) is 11.4. The van der Waals surface area contributed by atoms with Crippen molar-refractivity contribution in [2.45, 2.75) is 19.0 Å². The fraction of sp³-hybridized carbons (Fsp3) is 0.263. The Bertz CT molecular complexity index is 1070. The van der Waals surface area contributed by atoms with Gasteiger partial charge in [0.05, 0.1) is 18.8 Å². The van der Waals surface area contributed by atoms with Gasteiger partial charge in [0.15, 0.2) is 6.61 Å². The average molecular weight is 406 g/mol. The van der Waals surface area contributed by atoms with Gasteiger partial charge in [-0.05, 0) is 11.1 Å². The van der Waals surface area contributed by atoms with Gasteiger partial charge in [-0.15, -0.1) is 0 Å². The quantitative estimate of drug-likeness (QED) is 0.587. The molecule has 0 saturated heterocycles. The molecule has 3 rings (SSSR count). The van der Waals surface area contributed by atoms with E-state index in [-0.39, 0.29) is 24.0 Å². The smallest absolute Gasteiger partial charge is 0.422 e. The van der Waals surface area contributed by atoms with Crippen molar-refractivity contribution < 1.29 is 22.7 Å². The van der Waals surface area contributed by atoms with Gasteiger partial charge >= 0.3 is 12.1 Å². The topological polar surface area (TPSA) is 79.0 Å². The van der Waals surface area contributed by atoms with E-state index in [0.717, 1.165) is 0 Å². The third-order valence-corrected chi connectivity index (χ3v) is 3.94. The van der Waals surface area contributed by atoms with E-state index >= 15 is 0 Å². The van der Waals surface area contributed by atoms with Gasteiger partial charge in [0.25, 0.3) is 0 Å². The van der Waals surface area contributed by atoms with E-state index in [1.165, 1.54) is 16.9 Å². The molecule has 10 heteroatoms. The number of rotatable bonds is 6. The number of benzene rings is 1. The summed E-state index contributed by atoms with van der Waals surface area (Å²) in [5.74, 6) is -0.976. The molecule has 152 valence electrons. The lowest BCUT2D eigenvalue weighted by Gasteiger charge is -2.09. The van der Waals surface area contributed by atoms with E-state index in [2.05, 4.69) is 14.9 Å². The van der Waals surface area contributed by atoms with E-state index in [1.807, 2.05) is 0 Å². The van der Waals surface area contributed by atoms with Crippen LogP contribution in [-0.2, 0) is 29.4 Å². The highest BCUT2D eigenvalue weighted by Crippen LogP contribution is 2.15. The maximum atomic E-state index is 12.2. The van der Waals surface area contributed by atoms with Crippen LogP contribution in [0.4, 0.5) is 13.2 Å². The minimum absolute atomic E-state index is 0.200. The summed E-state index contributed by atoms with van der Waals surface area (Å²) in [4.78, 5) is 23.8. The standard InChI is InChI=1S/C19H17F3N4O3/c1-25-11-15(10-23-25)26-6-5-17(27)16(24-26)8-13-3-2-4-14(7-13)9-18(28)29-12-19(20,21)22/h2-7,10-11H,8-9,12H2,1H3. The molecular weight excluding hydrogens is 389 g/mol. The summed E-state index contributed by atoms with van der Waals surface area (Å²) in [6.45, 7) is -1.62. The van der Waals surface area contributed by atoms with Gasteiger partial charge in [-0.25, -0.2) is 4.68 Å². The average Bonchev–Trinajstić information content (AvgIpc) is 3.08. The summed E-state index contributed by atoms with van der Waals surface area (Å²) in [7, 11) is 1.76. The van der Waals surface area contributed by atoms with Gasteiger partial charge in [-0.3, -0.25) is 14.3 Å². The molecule has 0 N–H and O–H groups in total. The van der Waals surface area contributed by atoms with Crippen molar-refractivity contribution in [2.24, 2.45) is 7.05 Å². The number of ether oxygens (including phenoxy) is 1. The predicted molar refractivity (Wildman–Crippen MR) is 96.6 cm³/mol. The minimum atomic E-state index is -4.56. The van der Waals surface area contributed by atoms with Gasteiger partial charge in [0.2, 0.25) is 5.43 Å². The van der Waals surface area contributed by atoms with Crippen LogP contribution >= 0.6 is 0 Å². The van der Waals surface area contributed by atoms with Gasteiger partial charge in [0, 0.05) is 25.7 Å². The van der Waals surface area contributed by atoms with E-state index in [9.17, 15) is 22.8 Å². The molecule has 2 heterocycles. The molecule has 7 nitrogen and oxygen atoms in total. The molecule has 0 atom stereocenters. The fourth-order valence-electron chi connectivity index (χ4n) is 2.66. The lowest BCUT2D eigenvalue weighted by atomic mass is 10.0. The molecule has 3 aromatic rings. The van der Waals surface area contributed by atoms with Crippen molar-refractivity contribution in [1.82, 2.24) is 19.6 Å². The minimum Gasteiger partial charge on any atom is -0.456 e. The van der Waals surface area contributed by atoms with Crippen LogP contribution in [0.1, 0.15) is 16.8 Å². The molecule has 0 spiro atoms. The summed E-state index contributed by atoms with van der Waals surface area (Å²) < 4.78 is 43.8. The Morgan fingerprint density at radius 2 is 1.97 bits per heavy atom. The fourth-order valence-corrected chi connectivity index (χ4v) is 2.66. The van der Waals surface area contributed by atoms with Crippen molar-refractivity contribution in [3.63, 3.8) is 0 Å². The Hall–Kier alpha value is -3.43. The van der Waals surface area contributed by atoms with Crippen molar-refractivity contribution >= 4 is 5.97 Å². The van der Waals surface area contributed by atoms with Crippen LogP contribution in [0.2, 0.25) is 0 Å². The monoisotopic (exact) mass is 406 g/mol. The molecule has 0 aliphatic carbocycles. The summed E-state index contributed by atoms with van der Waals surface area (Å²) in [5.41, 5.74) is 1.90. The first-order chi connectivity index (χ1) is 13.7. The second kappa shape index (κ2) is 8.29. The second-order valence-corrected chi connectivity index (χ2v) is 6.39. The summed E-state index contributed by atoms with van der Waals surface area (Å²) in [5, 5.41) is 8.39. The van der Waals surface area contributed by atoms with Crippen LogP contribution < -0.4 is 5.43 Å². The molecule has 0 fully saturated rings. The third-order valence-electron chi connectivity index (χ3n) is 3.94. The molecule has 29 heavy (non-hydrogen) atoms. The van der Waals surface area contributed by atoms with Gasteiger partial charge < -0.3 is 4.74 Å². The summed E-state index contributed by atoms with van der Waals surface area (Å²) in [6.07, 6.45) is 0.223. The number of alkyl halides is 3. The number of nitrogens with zero attached hydrogens (tertiary/aromatic N) is 4. The SMILES string of the molecule is Cn1cc(-n2ccc(=O)c(Cc3cccc(CC(=O)OCC(F)(F)F)c3)n2)cn1. The van der Waals surface area contributed by atoms with E-state index in [4.69, 9.17) is 0 Å². The van der Waals surface area contributed by atoms with Gasteiger partial charge in [-0.1, -0.05) is 24.3 Å². The molecular formula is C19H17F3N4O3. The lowest BCUT2D eigenvalue weighted by molar-refractivity contribution is -0.185. The highest BCUT2D eigenvalue weighted by molar-refractivity contribution is 5.72. The van der Waals surface area contributed by atoms with E-state index < -0.39 is 18.8 Å². The number of aromatic nitrogens is 4. The highest BCUT2D eigenvalue weighted by atomic mass is 19.4. The predicted octanol–water partition coefficient (Wildman–Crippen LogP) is 2.20. The first kappa shape index (κ1) is 20.3. The van der Waals surface area contributed by atoms with Crippen LogP contribution in [0.15, 0.2) is 53.7 Å². The zero-order valence-corrected chi connectivity index (χ0v) is 15.4. The van der Waals surface area contributed by atoms with Crippen molar-refractivity contribution in [1.29, 1.82) is 0 Å². The number of hydrogen-bond acceptors (Lipinski definition) is 5. The molecule has 2 aromatic heterocycles. The zero-order chi connectivity index (χ0) is 21.0. The maximum absolute atomic E-state index is 12.2. The van der Waals surface area contributed by atoms with Crippen LogP contribution in [0, 0.1) is 0 Å². The van der Waals surface area contributed by atoms with Crippen molar-refractivity contribution in [3.8, 4) is 5.69 Å². The molecule has 0 aliphatic rings. The zero-order valence-electron chi connectivity index (χ0n) is 15.4. The second-order valence-electron chi connectivity index (χ2n) is 6.39. The van der Waals surface area contributed by atoms with E-state index in [0.29, 0.717) is 16.8 Å². The number of aryl methyl sites for hydroxylation is 1. The number of hydrogen-bond donors (Lipinski definition) is 0. The van der Waals surface area contributed by atoms with Crippen LogP contribution in [0.3, 0.4) is 0 Å². The van der Waals surface area contributed by atoms with Crippen molar-refractivity contribution in [2.75, 3.05) is 6.61 Å². The number of carbonyl (C=O) groups is 1. The Morgan fingerprint density at radius 3 is 2.66 bits per heavy atom. The Balaban J connectivity index is 1.73. The van der Waals surface area contributed by atoms with Crippen molar-refractivity contribution in [3.05, 3.63) is 76.0 Å². The molecule has 0 unspecified atom stereocenters. The number of esters is 1. The Morgan fingerprint density at radius 1 is 1.21 bits per heavy atom. The van der Waals surface area contributed by atoms with Crippen LogP contribution in [0.25, 0.3) is 5.69 Å². The summed E-state index contributed by atoms with van der Waals surface area (Å²) >= 11 is 0. The molecule has 0 saturated carbocycles. The molecule has 0 aliphatic heterocycles. The van der Waals surface area contributed by atoms with Gasteiger partial charge in [0.1, 0.15) is 11.4 Å². The highest BCUT2D eigenvalue weighted by Gasteiger charge is 2.29. The Kier molecular flexibility index (Phi) is 5.81. The number of carbonyl (C=O) groups excluding carboxylic acids is 1. The number of halogens is 3. The van der Waals surface area contributed by atoms with E-state index in [1.54, 1.807) is 48.4 Å². The first-order valence-corrected chi connectivity index (χ1v) is 8.58. The van der Waals surface area contributed by atoms with Crippen LogP contribution in [0.5, 0.6) is 0 Å². The molecule has 0 radical (unpaired) electrons. The Labute approximate surface area is 163 Å². The molecule has 0 amide bonds. The lowest BCUT2D eigenvalue weighted by Crippen LogP contribution is -2.21.